The van der Waals surface area contributed by atoms with Gasteiger partial charge in [-0.3, -0.25) is 9.78 Å². The number of pyridine rings is 1. The van der Waals surface area contributed by atoms with Crippen LogP contribution in [0.1, 0.15) is 16.8 Å². The lowest BCUT2D eigenvalue weighted by Gasteiger charge is -2.23. The molecule has 0 amide bonds. The van der Waals surface area contributed by atoms with Crippen LogP contribution in [0.25, 0.3) is 11.3 Å². The zero-order valence-electron chi connectivity index (χ0n) is 17.5. The molecule has 1 aliphatic heterocycles. The van der Waals surface area contributed by atoms with Gasteiger partial charge in [-0.15, -0.1) is 0 Å². The number of methoxy groups -OCH3 is 1. The number of benzene rings is 1. The molecule has 32 heavy (non-hydrogen) atoms. The van der Waals surface area contributed by atoms with E-state index in [9.17, 15) is 4.79 Å². The van der Waals surface area contributed by atoms with E-state index in [0.29, 0.717) is 29.1 Å². The van der Waals surface area contributed by atoms with Gasteiger partial charge in [-0.05, 0) is 12.3 Å². The first-order valence-corrected chi connectivity index (χ1v) is 10.1. The van der Waals surface area contributed by atoms with Gasteiger partial charge in [-0.1, -0.05) is 47.6 Å². The van der Waals surface area contributed by atoms with E-state index in [1.54, 1.807) is 25.6 Å². The minimum absolute atomic E-state index is 0.0795. The molecule has 0 fully saturated rings. The molecule has 0 bridgehead atoms. The molecule has 3 heterocycles. The summed E-state index contributed by atoms with van der Waals surface area (Å²) >= 11 is 0. The van der Waals surface area contributed by atoms with Crippen LogP contribution in [0.2, 0.25) is 0 Å². The van der Waals surface area contributed by atoms with Crippen molar-refractivity contribution >= 4 is 17.2 Å². The highest BCUT2D eigenvalue weighted by Crippen LogP contribution is 2.25. The summed E-state index contributed by atoms with van der Waals surface area (Å²) in [6.07, 6.45) is 12.4. The Hall–Kier alpha value is -4.20. The van der Waals surface area contributed by atoms with Gasteiger partial charge in [0, 0.05) is 29.8 Å². The molecule has 4 rings (SSSR count). The third-order valence-corrected chi connectivity index (χ3v) is 5.05. The Bertz CT molecular complexity index is 1150. The molecule has 0 spiro atoms. The average Bonchev–Trinajstić information content (AvgIpc) is 3.33. The van der Waals surface area contributed by atoms with Crippen LogP contribution < -0.4 is 15.4 Å². The van der Waals surface area contributed by atoms with Gasteiger partial charge in [0.2, 0.25) is 0 Å². The fourth-order valence-electron chi connectivity index (χ4n) is 3.43. The number of allylic oxidation sites excluding steroid dienone is 2. The number of carbonyl (C=O) groups is 1. The van der Waals surface area contributed by atoms with Crippen LogP contribution in [-0.2, 0) is 0 Å². The molecule has 8 nitrogen and oxygen atoms in total. The van der Waals surface area contributed by atoms with Crippen molar-refractivity contribution in [2.24, 2.45) is 0 Å². The molecule has 2 aromatic heterocycles. The molecule has 0 saturated carbocycles. The third-order valence-electron chi connectivity index (χ3n) is 5.05. The highest BCUT2D eigenvalue weighted by molar-refractivity contribution is 6.18. The van der Waals surface area contributed by atoms with E-state index in [1.807, 2.05) is 54.8 Å². The summed E-state index contributed by atoms with van der Waals surface area (Å²) in [6.45, 7) is 0. The summed E-state index contributed by atoms with van der Waals surface area (Å²) in [5.41, 5.74) is 2.30. The van der Waals surface area contributed by atoms with Gasteiger partial charge in [-0.25, -0.2) is 0 Å². The van der Waals surface area contributed by atoms with E-state index in [4.69, 9.17) is 14.7 Å². The fourth-order valence-corrected chi connectivity index (χ4v) is 3.43. The fraction of sp³-hybridized carbons (Fsp3) is 0.167. The molecule has 0 saturated heterocycles. The van der Waals surface area contributed by atoms with Crippen molar-refractivity contribution in [2.75, 3.05) is 12.4 Å². The second-order valence-corrected chi connectivity index (χ2v) is 7.24. The predicted octanol–water partition coefficient (Wildman–Crippen LogP) is 3.86. The maximum absolute atomic E-state index is 13.6. The number of anilines is 1. The van der Waals surface area contributed by atoms with E-state index in [2.05, 4.69) is 20.8 Å². The van der Waals surface area contributed by atoms with E-state index in [-0.39, 0.29) is 17.5 Å². The van der Waals surface area contributed by atoms with Gasteiger partial charge in [0.15, 0.2) is 5.78 Å². The number of dihydropyridines is 1. The van der Waals surface area contributed by atoms with Gasteiger partial charge in [0.05, 0.1) is 30.8 Å². The maximum Gasteiger partial charge on any atom is 0.196 e. The van der Waals surface area contributed by atoms with Gasteiger partial charge in [-0.2, -0.15) is 0 Å². The topological polar surface area (TPSA) is 113 Å². The summed E-state index contributed by atoms with van der Waals surface area (Å²) in [5, 5.41) is 19.1. The molecule has 1 aromatic carbocycles. The number of hydrogen-bond acceptors (Lipinski definition) is 8. The molecule has 3 aromatic rings. The minimum Gasteiger partial charge on any atom is -0.495 e. The Morgan fingerprint density at radius 3 is 2.88 bits per heavy atom. The summed E-state index contributed by atoms with van der Waals surface area (Å²) < 4.78 is 10.4. The van der Waals surface area contributed by atoms with Crippen molar-refractivity contribution in [3.05, 3.63) is 85.0 Å². The number of rotatable bonds is 9. The predicted molar refractivity (Wildman–Crippen MR) is 122 cm³/mol. The lowest BCUT2D eigenvalue weighted by Crippen LogP contribution is -2.40. The highest BCUT2D eigenvalue weighted by atomic mass is 16.5. The summed E-state index contributed by atoms with van der Waals surface area (Å²) in [5.74, 6) is 0.234. The van der Waals surface area contributed by atoms with Crippen molar-refractivity contribution in [2.45, 2.75) is 18.5 Å². The van der Waals surface area contributed by atoms with Crippen LogP contribution in [0.15, 0.2) is 84.0 Å². The molecule has 1 aliphatic rings. The molecule has 2 atom stereocenters. The summed E-state index contributed by atoms with van der Waals surface area (Å²) in [7, 11) is 1.54. The zero-order chi connectivity index (χ0) is 22.3. The van der Waals surface area contributed by atoms with Gasteiger partial charge in [0.1, 0.15) is 23.7 Å². The second-order valence-electron chi connectivity index (χ2n) is 7.24. The van der Waals surface area contributed by atoms with Crippen molar-refractivity contribution < 1.29 is 14.1 Å². The molecule has 0 aliphatic carbocycles. The van der Waals surface area contributed by atoms with Gasteiger partial charge < -0.3 is 25.3 Å². The Labute approximate surface area is 185 Å². The van der Waals surface area contributed by atoms with Crippen molar-refractivity contribution in [3.63, 3.8) is 0 Å². The molecule has 0 radical (unpaired) electrons. The first-order chi connectivity index (χ1) is 15.7. The van der Waals surface area contributed by atoms with E-state index in [1.165, 1.54) is 6.26 Å². The number of nitrogens with one attached hydrogen (secondary N) is 3. The van der Waals surface area contributed by atoms with Crippen molar-refractivity contribution in [3.8, 4) is 17.0 Å². The molecule has 3 N–H and O–H groups in total. The average molecular weight is 429 g/mol. The van der Waals surface area contributed by atoms with Crippen LogP contribution in [0, 0.1) is 5.41 Å². The smallest absolute Gasteiger partial charge is 0.196 e. The van der Waals surface area contributed by atoms with Gasteiger partial charge in [0.25, 0.3) is 0 Å². The molecule has 2 unspecified atom stereocenters. The Balaban J connectivity index is 1.64. The number of aromatic nitrogens is 2. The first-order valence-electron chi connectivity index (χ1n) is 10.1. The van der Waals surface area contributed by atoms with Crippen LogP contribution in [0.5, 0.6) is 5.75 Å². The highest BCUT2D eigenvalue weighted by Gasteiger charge is 2.30. The molecular formula is C24H23N5O3. The number of Topliss-reactive ketones (excluding diaryl/α,β-unsaturated/α-hetero) is 1. The number of nitrogens with zero attached hydrogens (tertiary/aromatic N) is 2. The Kier molecular flexibility index (Phi) is 6.41. The minimum atomic E-state index is -0.938. The SMILES string of the molecule is COc1cncc(NC(C(=N)CC2C=CC=CN2)C(=O)c2conc2-c2ccccc2)c1. The molecule has 162 valence electrons. The van der Waals surface area contributed by atoms with Crippen molar-refractivity contribution in [1.29, 1.82) is 5.41 Å². The lowest BCUT2D eigenvalue weighted by atomic mass is 9.94. The standard InChI is InChI=1S/C24H23N5O3/c1-31-19-11-18(13-26-14-19)28-23(21(25)12-17-9-5-6-10-27-17)24(30)20-15-32-29-22(20)16-7-3-2-4-8-16/h2-11,13-15,17,23,25,27-28H,12H2,1H3. The Morgan fingerprint density at radius 2 is 2.12 bits per heavy atom. The quantitative estimate of drug-likeness (QED) is 0.350. The van der Waals surface area contributed by atoms with Crippen molar-refractivity contribution in [1.82, 2.24) is 15.5 Å². The van der Waals surface area contributed by atoms with Crippen LogP contribution >= 0.6 is 0 Å². The number of hydrogen-bond donors (Lipinski definition) is 3. The molecule has 8 heteroatoms. The second kappa shape index (κ2) is 9.74. The van der Waals surface area contributed by atoms with E-state index < -0.39 is 6.04 Å². The molecular weight excluding hydrogens is 406 g/mol. The number of ether oxygens (including phenoxy) is 1. The first kappa shape index (κ1) is 21.0. The number of carbonyl (C=O) groups excluding carboxylic acids is 1. The normalized spacial score (nSPS) is 15.6. The zero-order valence-corrected chi connectivity index (χ0v) is 17.5. The lowest BCUT2D eigenvalue weighted by molar-refractivity contribution is 0.0989. The largest absolute Gasteiger partial charge is 0.495 e. The summed E-state index contributed by atoms with van der Waals surface area (Å²) in [6, 6.07) is 10.1. The van der Waals surface area contributed by atoms with Crippen LogP contribution in [-0.4, -0.2) is 40.8 Å². The maximum atomic E-state index is 13.6. The van der Waals surface area contributed by atoms with E-state index in [0.717, 1.165) is 5.56 Å². The van der Waals surface area contributed by atoms with Gasteiger partial charge >= 0.3 is 0 Å². The van der Waals surface area contributed by atoms with E-state index >= 15 is 0 Å². The monoisotopic (exact) mass is 429 g/mol. The Morgan fingerprint density at radius 1 is 1.28 bits per heavy atom. The summed E-state index contributed by atoms with van der Waals surface area (Å²) in [4.78, 5) is 17.8. The third kappa shape index (κ3) is 4.75. The van der Waals surface area contributed by atoms with Crippen LogP contribution in [0.3, 0.4) is 0 Å². The number of ketones is 1. The van der Waals surface area contributed by atoms with Crippen LogP contribution in [0.4, 0.5) is 5.69 Å².